The standard InChI is InChI=1S/C7H13NO5/c1-2-3(6(8)11)4(9)5(10)7(12)13-2/h2-5,7,9-10,12H,1H3,(H2,8,11)/t2-,3-,4+,5+,7+/m1/s1. The number of aliphatic hydroxyl groups excluding tert-OH is 3. The maximum Gasteiger partial charge on any atom is 0.225 e. The van der Waals surface area contributed by atoms with E-state index in [1.807, 2.05) is 0 Å². The first kappa shape index (κ1) is 10.4. The number of primary amides is 1. The van der Waals surface area contributed by atoms with E-state index < -0.39 is 36.4 Å². The fourth-order valence-electron chi connectivity index (χ4n) is 1.44. The number of nitrogens with two attached hydrogens (primary N) is 1. The fraction of sp³-hybridized carbons (Fsp3) is 0.857. The molecule has 1 aliphatic heterocycles. The first-order valence-electron chi connectivity index (χ1n) is 3.94. The van der Waals surface area contributed by atoms with E-state index in [1.165, 1.54) is 6.92 Å². The first-order chi connectivity index (χ1) is 5.95. The summed E-state index contributed by atoms with van der Waals surface area (Å²) >= 11 is 0. The number of amides is 1. The van der Waals surface area contributed by atoms with Gasteiger partial charge in [-0.1, -0.05) is 0 Å². The van der Waals surface area contributed by atoms with Crippen LogP contribution in [0.15, 0.2) is 0 Å². The Morgan fingerprint density at radius 3 is 2.31 bits per heavy atom. The normalized spacial score (nSPS) is 46.0. The number of ether oxygens (including phenoxy) is 1. The minimum absolute atomic E-state index is 0.703. The zero-order chi connectivity index (χ0) is 10.2. The Morgan fingerprint density at radius 2 is 1.85 bits per heavy atom. The van der Waals surface area contributed by atoms with Gasteiger partial charge >= 0.3 is 0 Å². The molecule has 1 fully saturated rings. The van der Waals surface area contributed by atoms with E-state index in [9.17, 15) is 9.90 Å². The molecule has 76 valence electrons. The van der Waals surface area contributed by atoms with E-state index in [2.05, 4.69) is 0 Å². The predicted octanol–water partition coefficient (Wildman–Crippen LogP) is -2.45. The van der Waals surface area contributed by atoms with E-state index >= 15 is 0 Å². The number of carbonyl (C=O) groups is 1. The smallest absolute Gasteiger partial charge is 0.225 e. The molecule has 0 saturated carbocycles. The zero-order valence-corrected chi connectivity index (χ0v) is 7.12. The van der Waals surface area contributed by atoms with Crippen molar-refractivity contribution in [1.82, 2.24) is 0 Å². The molecular weight excluding hydrogens is 178 g/mol. The third-order valence-electron chi connectivity index (χ3n) is 2.20. The molecule has 1 heterocycles. The highest BCUT2D eigenvalue weighted by molar-refractivity contribution is 5.78. The van der Waals surface area contributed by atoms with E-state index in [4.69, 9.17) is 20.7 Å². The van der Waals surface area contributed by atoms with Gasteiger partial charge < -0.3 is 25.8 Å². The van der Waals surface area contributed by atoms with Gasteiger partial charge in [-0.25, -0.2) is 0 Å². The van der Waals surface area contributed by atoms with Crippen LogP contribution in [0.3, 0.4) is 0 Å². The average molecular weight is 191 g/mol. The van der Waals surface area contributed by atoms with Crippen molar-refractivity contribution in [2.75, 3.05) is 0 Å². The molecule has 1 rings (SSSR count). The van der Waals surface area contributed by atoms with Gasteiger partial charge in [0, 0.05) is 0 Å². The average Bonchev–Trinajstić information content (AvgIpc) is 1.99. The second-order valence-corrected chi connectivity index (χ2v) is 3.14. The third kappa shape index (κ3) is 1.80. The van der Waals surface area contributed by atoms with Crippen LogP contribution in [0.1, 0.15) is 6.92 Å². The lowest BCUT2D eigenvalue weighted by Crippen LogP contribution is -2.57. The van der Waals surface area contributed by atoms with Crippen LogP contribution in [0.5, 0.6) is 0 Å². The maximum absolute atomic E-state index is 10.8. The number of aliphatic hydroxyl groups is 3. The predicted molar refractivity (Wildman–Crippen MR) is 41.3 cm³/mol. The van der Waals surface area contributed by atoms with Crippen molar-refractivity contribution in [3.63, 3.8) is 0 Å². The van der Waals surface area contributed by atoms with Gasteiger partial charge in [-0.05, 0) is 6.92 Å². The van der Waals surface area contributed by atoms with Crippen LogP contribution < -0.4 is 5.73 Å². The fourth-order valence-corrected chi connectivity index (χ4v) is 1.44. The number of hydrogen-bond donors (Lipinski definition) is 4. The molecule has 0 aromatic heterocycles. The van der Waals surface area contributed by atoms with Crippen molar-refractivity contribution in [3.05, 3.63) is 0 Å². The molecule has 0 aliphatic carbocycles. The molecule has 0 aromatic rings. The van der Waals surface area contributed by atoms with Crippen LogP contribution >= 0.6 is 0 Å². The summed E-state index contributed by atoms with van der Waals surface area (Å²) in [5.41, 5.74) is 4.98. The summed E-state index contributed by atoms with van der Waals surface area (Å²) in [6.45, 7) is 1.49. The van der Waals surface area contributed by atoms with Crippen molar-refractivity contribution >= 4 is 5.91 Å². The molecule has 5 atom stereocenters. The highest BCUT2D eigenvalue weighted by Gasteiger charge is 2.44. The van der Waals surface area contributed by atoms with Gasteiger partial charge in [0.1, 0.15) is 6.10 Å². The van der Waals surface area contributed by atoms with Gasteiger partial charge in [0.25, 0.3) is 0 Å². The Kier molecular flexibility index (Phi) is 2.87. The van der Waals surface area contributed by atoms with Gasteiger partial charge in [0.15, 0.2) is 6.29 Å². The monoisotopic (exact) mass is 191 g/mol. The molecule has 6 nitrogen and oxygen atoms in total. The second kappa shape index (κ2) is 3.59. The summed E-state index contributed by atoms with van der Waals surface area (Å²) in [6, 6.07) is 0. The summed E-state index contributed by atoms with van der Waals surface area (Å²) in [6.07, 6.45) is -5.04. The summed E-state index contributed by atoms with van der Waals surface area (Å²) in [4.78, 5) is 10.8. The topological polar surface area (TPSA) is 113 Å². The Bertz CT molecular complexity index is 209. The Morgan fingerprint density at radius 1 is 1.31 bits per heavy atom. The molecule has 1 aliphatic rings. The highest BCUT2D eigenvalue weighted by atomic mass is 16.6. The van der Waals surface area contributed by atoms with Crippen LogP contribution in [0.2, 0.25) is 0 Å². The van der Waals surface area contributed by atoms with Crippen molar-refractivity contribution in [3.8, 4) is 0 Å². The highest BCUT2D eigenvalue weighted by Crippen LogP contribution is 2.24. The molecule has 0 spiro atoms. The molecule has 0 unspecified atom stereocenters. The van der Waals surface area contributed by atoms with Crippen molar-refractivity contribution in [1.29, 1.82) is 0 Å². The minimum atomic E-state index is -1.49. The lowest BCUT2D eigenvalue weighted by molar-refractivity contribution is -0.260. The zero-order valence-electron chi connectivity index (χ0n) is 7.12. The van der Waals surface area contributed by atoms with Crippen molar-refractivity contribution in [2.45, 2.75) is 31.5 Å². The first-order valence-corrected chi connectivity index (χ1v) is 3.94. The number of hydrogen-bond acceptors (Lipinski definition) is 5. The molecule has 1 amide bonds. The molecule has 6 heteroatoms. The van der Waals surface area contributed by atoms with E-state index in [1.54, 1.807) is 0 Å². The van der Waals surface area contributed by atoms with Gasteiger partial charge in [0.05, 0.1) is 18.1 Å². The second-order valence-electron chi connectivity index (χ2n) is 3.14. The number of rotatable bonds is 1. The van der Waals surface area contributed by atoms with E-state index in [-0.39, 0.29) is 0 Å². The summed E-state index contributed by atoms with van der Waals surface area (Å²) in [5.74, 6) is -1.75. The SMILES string of the molecule is C[C@H]1O[C@H](O)[C@@H](O)[C@@H](O)[C@@H]1C(N)=O. The summed E-state index contributed by atoms with van der Waals surface area (Å²) < 4.78 is 4.79. The molecule has 0 radical (unpaired) electrons. The third-order valence-corrected chi connectivity index (χ3v) is 2.20. The summed E-state index contributed by atoms with van der Waals surface area (Å²) in [7, 11) is 0. The van der Waals surface area contributed by atoms with Crippen LogP contribution in [0.4, 0.5) is 0 Å². The Balaban J connectivity index is 2.79. The molecule has 1 saturated heterocycles. The van der Waals surface area contributed by atoms with E-state index in [0.717, 1.165) is 0 Å². The lowest BCUT2D eigenvalue weighted by atomic mass is 9.89. The van der Waals surface area contributed by atoms with Crippen LogP contribution in [0, 0.1) is 5.92 Å². The van der Waals surface area contributed by atoms with Gasteiger partial charge in [0.2, 0.25) is 5.91 Å². The largest absolute Gasteiger partial charge is 0.389 e. The van der Waals surface area contributed by atoms with E-state index in [0.29, 0.717) is 0 Å². The molecule has 5 N–H and O–H groups in total. The van der Waals surface area contributed by atoms with Gasteiger partial charge in [-0.15, -0.1) is 0 Å². The molecule has 0 aromatic carbocycles. The minimum Gasteiger partial charge on any atom is -0.389 e. The molecular formula is C7H13NO5. The van der Waals surface area contributed by atoms with Crippen LogP contribution in [-0.2, 0) is 9.53 Å². The van der Waals surface area contributed by atoms with Crippen LogP contribution in [-0.4, -0.2) is 45.8 Å². The lowest BCUT2D eigenvalue weighted by Gasteiger charge is -2.37. The maximum atomic E-state index is 10.8. The Hall–Kier alpha value is -0.690. The molecule has 0 bridgehead atoms. The van der Waals surface area contributed by atoms with Crippen molar-refractivity contribution in [2.24, 2.45) is 11.7 Å². The van der Waals surface area contributed by atoms with Crippen molar-refractivity contribution < 1.29 is 24.9 Å². The molecule has 13 heavy (non-hydrogen) atoms. The Labute approximate surface area is 74.9 Å². The quantitative estimate of drug-likeness (QED) is 0.367. The number of carbonyl (C=O) groups excluding carboxylic acids is 1. The van der Waals surface area contributed by atoms with Gasteiger partial charge in [-0.2, -0.15) is 0 Å². The summed E-state index contributed by atoms with van der Waals surface area (Å²) in [5, 5.41) is 27.5. The van der Waals surface area contributed by atoms with Crippen LogP contribution in [0.25, 0.3) is 0 Å². The van der Waals surface area contributed by atoms with Gasteiger partial charge in [-0.3, -0.25) is 4.79 Å².